The second-order valence-electron chi connectivity index (χ2n) is 5.69. The predicted octanol–water partition coefficient (Wildman–Crippen LogP) is 1.98. The Kier molecular flexibility index (Phi) is 6.39. The third-order valence-electron chi connectivity index (χ3n) is 3.63. The Labute approximate surface area is 161 Å². The SMILES string of the molecule is O=C(O)CNC(=O)C1=C(O)CCN(Cc2ccc(OC(F)(F)F)c(Cl)c2)C1=O. The van der Waals surface area contributed by atoms with Crippen LogP contribution in [0.25, 0.3) is 0 Å². The molecule has 0 aliphatic carbocycles. The van der Waals surface area contributed by atoms with Crippen LogP contribution in [0.3, 0.4) is 0 Å². The van der Waals surface area contributed by atoms with Crippen LogP contribution in [0.5, 0.6) is 5.75 Å². The van der Waals surface area contributed by atoms with Crippen molar-refractivity contribution in [3.8, 4) is 5.75 Å². The molecule has 0 spiro atoms. The molecule has 0 fully saturated rings. The topological polar surface area (TPSA) is 116 Å². The summed E-state index contributed by atoms with van der Waals surface area (Å²) >= 11 is 5.77. The summed E-state index contributed by atoms with van der Waals surface area (Å²) in [7, 11) is 0. The van der Waals surface area contributed by atoms with Crippen molar-refractivity contribution >= 4 is 29.4 Å². The zero-order valence-corrected chi connectivity index (χ0v) is 14.8. The van der Waals surface area contributed by atoms with Gasteiger partial charge in [-0.3, -0.25) is 14.4 Å². The molecular weight excluding hydrogens is 409 g/mol. The van der Waals surface area contributed by atoms with Gasteiger partial charge in [-0.05, 0) is 17.7 Å². The van der Waals surface area contributed by atoms with E-state index in [9.17, 15) is 32.7 Å². The molecule has 1 heterocycles. The molecule has 1 aliphatic rings. The molecule has 0 radical (unpaired) electrons. The highest BCUT2D eigenvalue weighted by Crippen LogP contribution is 2.31. The fraction of sp³-hybridized carbons (Fsp3) is 0.312. The lowest BCUT2D eigenvalue weighted by molar-refractivity contribution is -0.274. The number of carboxylic acid groups (broad SMARTS) is 1. The normalized spacial score (nSPS) is 14.9. The van der Waals surface area contributed by atoms with Crippen LogP contribution in [0.1, 0.15) is 12.0 Å². The van der Waals surface area contributed by atoms with Crippen molar-refractivity contribution in [3.63, 3.8) is 0 Å². The van der Waals surface area contributed by atoms with Gasteiger partial charge in [0.1, 0.15) is 23.6 Å². The number of carboxylic acids is 1. The Morgan fingerprint density at radius 1 is 1.32 bits per heavy atom. The van der Waals surface area contributed by atoms with Gasteiger partial charge in [0.15, 0.2) is 0 Å². The van der Waals surface area contributed by atoms with E-state index < -0.39 is 47.8 Å². The minimum Gasteiger partial charge on any atom is -0.511 e. The number of hydrogen-bond acceptors (Lipinski definition) is 5. The van der Waals surface area contributed by atoms with Gasteiger partial charge in [-0.15, -0.1) is 13.2 Å². The van der Waals surface area contributed by atoms with E-state index in [1.165, 1.54) is 17.0 Å². The molecule has 0 atom stereocenters. The molecule has 0 aromatic heterocycles. The number of amides is 2. The van der Waals surface area contributed by atoms with Crippen molar-refractivity contribution in [2.45, 2.75) is 19.3 Å². The van der Waals surface area contributed by atoms with E-state index in [2.05, 4.69) is 4.74 Å². The van der Waals surface area contributed by atoms with E-state index in [1.54, 1.807) is 0 Å². The lowest BCUT2D eigenvalue weighted by Crippen LogP contribution is -2.43. The number of nitrogens with zero attached hydrogens (tertiary/aromatic N) is 1. The molecule has 2 amide bonds. The van der Waals surface area contributed by atoms with Crippen LogP contribution >= 0.6 is 11.6 Å². The van der Waals surface area contributed by atoms with Gasteiger partial charge in [-0.1, -0.05) is 17.7 Å². The second-order valence-corrected chi connectivity index (χ2v) is 6.09. The smallest absolute Gasteiger partial charge is 0.511 e. The van der Waals surface area contributed by atoms with E-state index in [-0.39, 0.29) is 24.5 Å². The Morgan fingerprint density at radius 2 is 2.00 bits per heavy atom. The maximum atomic E-state index is 12.5. The van der Waals surface area contributed by atoms with E-state index >= 15 is 0 Å². The highest BCUT2D eigenvalue weighted by atomic mass is 35.5. The third-order valence-corrected chi connectivity index (χ3v) is 3.93. The Hall–Kier alpha value is -2.95. The molecule has 0 bridgehead atoms. The van der Waals surface area contributed by atoms with Crippen molar-refractivity contribution in [3.05, 3.63) is 40.1 Å². The highest BCUT2D eigenvalue weighted by Gasteiger charge is 2.33. The number of benzene rings is 1. The van der Waals surface area contributed by atoms with Gasteiger partial charge in [-0.25, -0.2) is 0 Å². The summed E-state index contributed by atoms with van der Waals surface area (Å²) in [6.07, 6.45) is -4.96. The van der Waals surface area contributed by atoms with Crippen LogP contribution in [0.4, 0.5) is 13.2 Å². The van der Waals surface area contributed by atoms with Crippen molar-refractivity contribution in [2.24, 2.45) is 0 Å². The van der Waals surface area contributed by atoms with Crippen molar-refractivity contribution < 1.29 is 42.5 Å². The number of carbonyl (C=O) groups excluding carboxylic acids is 2. The first-order valence-electron chi connectivity index (χ1n) is 7.73. The minimum atomic E-state index is -4.91. The minimum absolute atomic E-state index is 0.0405. The highest BCUT2D eigenvalue weighted by molar-refractivity contribution is 6.32. The lowest BCUT2D eigenvalue weighted by atomic mass is 10.0. The molecule has 1 aromatic carbocycles. The number of hydrogen-bond donors (Lipinski definition) is 3. The van der Waals surface area contributed by atoms with Crippen LogP contribution < -0.4 is 10.1 Å². The van der Waals surface area contributed by atoms with Gasteiger partial charge >= 0.3 is 12.3 Å². The number of aliphatic hydroxyl groups excluding tert-OH is 1. The molecule has 1 aliphatic heterocycles. The summed E-state index contributed by atoms with van der Waals surface area (Å²) in [6, 6.07) is 3.44. The molecule has 152 valence electrons. The Balaban J connectivity index is 2.13. The van der Waals surface area contributed by atoms with Gasteiger partial charge in [0.25, 0.3) is 11.8 Å². The molecule has 0 saturated heterocycles. The number of rotatable bonds is 6. The van der Waals surface area contributed by atoms with Crippen LogP contribution in [-0.2, 0) is 20.9 Å². The summed E-state index contributed by atoms with van der Waals surface area (Å²) < 4.78 is 40.6. The van der Waals surface area contributed by atoms with E-state index in [1.807, 2.05) is 5.32 Å². The first kappa shape index (κ1) is 21.4. The fourth-order valence-corrected chi connectivity index (χ4v) is 2.68. The summed E-state index contributed by atoms with van der Waals surface area (Å²) in [5.74, 6) is -4.30. The number of aliphatic hydroxyl groups is 1. The number of alkyl halides is 3. The van der Waals surface area contributed by atoms with E-state index in [4.69, 9.17) is 16.7 Å². The number of halogens is 4. The average Bonchev–Trinajstić information content (AvgIpc) is 2.57. The molecule has 3 N–H and O–H groups in total. The Bertz CT molecular complexity index is 840. The summed E-state index contributed by atoms with van der Waals surface area (Å²) in [5.41, 5.74) is -0.227. The van der Waals surface area contributed by atoms with Gasteiger partial charge in [0, 0.05) is 19.5 Å². The number of ether oxygens (including phenoxy) is 1. The maximum Gasteiger partial charge on any atom is 0.573 e. The van der Waals surface area contributed by atoms with Crippen LogP contribution in [0, 0.1) is 0 Å². The molecule has 8 nitrogen and oxygen atoms in total. The average molecular weight is 423 g/mol. The third kappa shape index (κ3) is 5.52. The summed E-state index contributed by atoms with van der Waals surface area (Å²) in [6.45, 7) is -0.800. The van der Waals surface area contributed by atoms with Crippen LogP contribution in [-0.4, -0.2) is 52.3 Å². The quantitative estimate of drug-likeness (QED) is 0.604. The molecule has 28 heavy (non-hydrogen) atoms. The number of aliphatic carboxylic acids is 1. The fourth-order valence-electron chi connectivity index (χ4n) is 2.44. The zero-order chi connectivity index (χ0) is 21.1. The van der Waals surface area contributed by atoms with Crippen molar-refractivity contribution in [1.29, 1.82) is 0 Å². The predicted molar refractivity (Wildman–Crippen MR) is 88.5 cm³/mol. The van der Waals surface area contributed by atoms with Gasteiger partial charge in [0.05, 0.1) is 5.02 Å². The molecule has 0 saturated carbocycles. The second kappa shape index (κ2) is 8.38. The van der Waals surface area contributed by atoms with E-state index in [0.717, 1.165) is 6.07 Å². The molecule has 0 unspecified atom stereocenters. The maximum absolute atomic E-state index is 12.5. The van der Waals surface area contributed by atoms with Gasteiger partial charge in [0.2, 0.25) is 0 Å². The molecule has 1 aromatic rings. The summed E-state index contributed by atoms with van der Waals surface area (Å²) in [5, 5.41) is 20.1. The standard InChI is InChI=1S/C16H14ClF3N2O6/c17-9-5-8(1-2-11(9)28-16(18,19)20)7-22-4-3-10(23)13(15(22)27)14(26)21-6-12(24)25/h1-2,5,23H,3-4,6-7H2,(H,21,26)(H,24,25). The van der Waals surface area contributed by atoms with Crippen LogP contribution in [0.15, 0.2) is 29.5 Å². The zero-order valence-electron chi connectivity index (χ0n) is 14.0. The monoisotopic (exact) mass is 422 g/mol. The van der Waals surface area contributed by atoms with Gasteiger partial charge < -0.3 is 25.2 Å². The number of carbonyl (C=O) groups is 3. The van der Waals surface area contributed by atoms with Crippen LogP contribution in [0.2, 0.25) is 5.02 Å². The number of nitrogens with one attached hydrogen (secondary N) is 1. The lowest BCUT2D eigenvalue weighted by Gasteiger charge is -2.28. The van der Waals surface area contributed by atoms with E-state index in [0.29, 0.717) is 5.56 Å². The first-order chi connectivity index (χ1) is 13.0. The Morgan fingerprint density at radius 3 is 2.57 bits per heavy atom. The largest absolute Gasteiger partial charge is 0.573 e. The molecular formula is C16H14ClF3N2O6. The molecule has 12 heteroatoms. The molecule has 2 rings (SSSR count). The summed E-state index contributed by atoms with van der Waals surface area (Å²) in [4.78, 5) is 36.1. The first-order valence-corrected chi connectivity index (χ1v) is 8.11. The van der Waals surface area contributed by atoms with Gasteiger partial charge in [-0.2, -0.15) is 0 Å². The van der Waals surface area contributed by atoms with Crippen molar-refractivity contribution in [2.75, 3.05) is 13.1 Å². The van der Waals surface area contributed by atoms with Crippen molar-refractivity contribution in [1.82, 2.24) is 10.2 Å².